The molecule has 0 saturated carbocycles. The molecule has 0 aromatic rings. The minimum absolute atomic E-state index is 0.0494. The molecule has 63 heavy (non-hydrogen) atoms. The van der Waals surface area contributed by atoms with E-state index in [0.29, 0.717) is 19.3 Å². The summed E-state index contributed by atoms with van der Waals surface area (Å²) in [7, 11) is 0. The minimum Gasteiger partial charge on any atom is -0.462 e. The highest BCUT2D eigenvalue weighted by Gasteiger charge is 2.24. The zero-order valence-corrected chi connectivity index (χ0v) is 41.2. The summed E-state index contributed by atoms with van der Waals surface area (Å²) < 4.78 is 5.92. The van der Waals surface area contributed by atoms with Gasteiger partial charge in [0.05, 0.1) is 25.2 Å². The van der Waals surface area contributed by atoms with E-state index in [9.17, 15) is 19.8 Å². The van der Waals surface area contributed by atoms with Crippen LogP contribution in [0.3, 0.4) is 0 Å². The van der Waals surface area contributed by atoms with Crippen molar-refractivity contribution < 1.29 is 24.5 Å². The van der Waals surface area contributed by atoms with Crippen molar-refractivity contribution in [1.82, 2.24) is 5.32 Å². The Morgan fingerprint density at radius 1 is 0.460 bits per heavy atom. The van der Waals surface area contributed by atoms with Gasteiger partial charge in [0, 0.05) is 6.42 Å². The lowest BCUT2D eigenvalue weighted by Crippen LogP contribution is -2.46. The quantitative estimate of drug-likeness (QED) is 0.0322. The lowest BCUT2D eigenvalue weighted by atomic mass is 10.0. The summed E-state index contributed by atoms with van der Waals surface area (Å²) in [6.07, 6.45) is 64.9. The first-order chi connectivity index (χ1) is 31.0. The van der Waals surface area contributed by atoms with Crippen LogP contribution in [-0.2, 0) is 14.3 Å². The number of carbonyl (C=O) groups is 2. The molecule has 0 rings (SSSR count). The number of allylic oxidation sites excluding steroid dienone is 14. The molecule has 1 amide bonds. The molecule has 6 heteroatoms. The monoisotopic (exact) mass is 878 g/mol. The van der Waals surface area contributed by atoms with Gasteiger partial charge in [0.15, 0.2) is 0 Å². The molecule has 0 aromatic carbocycles. The van der Waals surface area contributed by atoms with Gasteiger partial charge in [-0.3, -0.25) is 9.59 Å². The Kier molecular flexibility index (Phi) is 47.7. The number of aliphatic hydroxyl groups excluding tert-OH is 2. The number of ether oxygens (including phenoxy) is 1. The van der Waals surface area contributed by atoms with E-state index in [0.717, 1.165) is 103 Å². The highest BCUT2D eigenvalue weighted by molar-refractivity contribution is 5.77. The van der Waals surface area contributed by atoms with Crippen molar-refractivity contribution in [2.45, 2.75) is 257 Å². The van der Waals surface area contributed by atoms with Gasteiger partial charge in [0.2, 0.25) is 5.91 Å². The molecule has 0 radical (unpaired) electrons. The van der Waals surface area contributed by atoms with E-state index >= 15 is 0 Å². The van der Waals surface area contributed by atoms with Crippen LogP contribution in [0.25, 0.3) is 0 Å². The molecule has 0 saturated heterocycles. The van der Waals surface area contributed by atoms with E-state index in [1.807, 2.05) is 24.3 Å². The first-order valence-corrected chi connectivity index (χ1v) is 26.4. The molecule has 0 aliphatic carbocycles. The fourth-order valence-corrected chi connectivity index (χ4v) is 7.57. The predicted molar refractivity (Wildman–Crippen MR) is 273 cm³/mol. The van der Waals surface area contributed by atoms with Crippen molar-refractivity contribution in [1.29, 1.82) is 0 Å². The SMILES string of the molecule is CCC/C=C/C=C/C=C/C=C/C=C/CCCCCCCC(=O)OC(CCCCCC/C=C/C=C/CCCCC)CC(=O)NC(CO)C(O)CCCCCCCCCCCCCCC. The van der Waals surface area contributed by atoms with Gasteiger partial charge in [-0.25, -0.2) is 0 Å². The molecule has 3 atom stereocenters. The molecule has 0 heterocycles. The number of esters is 1. The van der Waals surface area contributed by atoms with Crippen molar-refractivity contribution in [3.05, 3.63) is 85.1 Å². The topological polar surface area (TPSA) is 95.9 Å². The normalized spacial score (nSPS) is 13.9. The first kappa shape index (κ1) is 60.0. The van der Waals surface area contributed by atoms with Crippen molar-refractivity contribution in [2.24, 2.45) is 0 Å². The van der Waals surface area contributed by atoms with E-state index < -0.39 is 18.2 Å². The highest BCUT2D eigenvalue weighted by Crippen LogP contribution is 2.17. The summed E-state index contributed by atoms with van der Waals surface area (Å²) in [5.41, 5.74) is 0. The Morgan fingerprint density at radius 3 is 1.33 bits per heavy atom. The van der Waals surface area contributed by atoms with Gasteiger partial charge in [0.25, 0.3) is 0 Å². The maximum Gasteiger partial charge on any atom is 0.306 e. The second-order valence-corrected chi connectivity index (χ2v) is 17.7. The van der Waals surface area contributed by atoms with Gasteiger partial charge in [-0.2, -0.15) is 0 Å². The van der Waals surface area contributed by atoms with Crippen LogP contribution in [0.2, 0.25) is 0 Å². The van der Waals surface area contributed by atoms with Crippen LogP contribution in [0.1, 0.15) is 239 Å². The van der Waals surface area contributed by atoms with Gasteiger partial charge in [-0.1, -0.05) is 241 Å². The third kappa shape index (κ3) is 45.4. The van der Waals surface area contributed by atoms with Gasteiger partial charge in [0.1, 0.15) is 6.10 Å². The molecule has 0 aliphatic heterocycles. The van der Waals surface area contributed by atoms with Crippen LogP contribution in [0.4, 0.5) is 0 Å². The van der Waals surface area contributed by atoms with Crippen LogP contribution < -0.4 is 5.32 Å². The molecule has 3 unspecified atom stereocenters. The van der Waals surface area contributed by atoms with Gasteiger partial charge >= 0.3 is 5.97 Å². The molecular weight excluding hydrogens is 779 g/mol. The summed E-state index contributed by atoms with van der Waals surface area (Å²) in [4.78, 5) is 26.2. The molecule has 362 valence electrons. The van der Waals surface area contributed by atoms with Crippen LogP contribution in [0, 0.1) is 0 Å². The summed E-state index contributed by atoms with van der Waals surface area (Å²) >= 11 is 0. The first-order valence-electron chi connectivity index (χ1n) is 26.4. The van der Waals surface area contributed by atoms with E-state index in [2.05, 4.69) is 86.8 Å². The maximum absolute atomic E-state index is 13.2. The number of amides is 1. The van der Waals surface area contributed by atoms with Crippen LogP contribution in [-0.4, -0.2) is 46.9 Å². The van der Waals surface area contributed by atoms with Crippen molar-refractivity contribution >= 4 is 11.9 Å². The fraction of sp³-hybridized carbons (Fsp3) is 0.719. The lowest BCUT2D eigenvalue weighted by Gasteiger charge is -2.24. The lowest BCUT2D eigenvalue weighted by molar-refractivity contribution is -0.151. The zero-order valence-electron chi connectivity index (χ0n) is 41.2. The number of rotatable bonds is 46. The average Bonchev–Trinajstić information content (AvgIpc) is 3.28. The maximum atomic E-state index is 13.2. The standard InChI is InChI=1S/C57H99NO5/c1-4-7-10-13-16-19-22-25-26-27-28-29-32-35-38-41-44-47-50-57(62)63-53(48-45-42-39-36-33-30-23-20-17-14-11-8-5-2)51-56(61)58-54(52-59)55(60)49-46-43-40-37-34-31-24-21-18-15-12-9-6-3/h10,13,16-17,19-20,22-23,25-30,53-55,59-60H,4-9,11-12,14-15,18,21,24,31-52H2,1-3H3,(H,58,61)/b13-10+,19-16+,20-17+,25-22+,27-26+,29-28+,30-23+. The van der Waals surface area contributed by atoms with Crippen LogP contribution in [0.5, 0.6) is 0 Å². The van der Waals surface area contributed by atoms with E-state index in [4.69, 9.17) is 4.74 Å². The molecule has 3 N–H and O–H groups in total. The van der Waals surface area contributed by atoms with Gasteiger partial charge in [-0.05, 0) is 70.6 Å². The Hall–Kier alpha value is -2.96. The Morgan fingerprint density at radius 2 is 0.841 bits per heavy atom. The largest absolute Gasteiger partial charge is 0.462 e. The number of hydrogen-bond donors (Lipinski definition) is 3. The summed E-state index contributed by atoms with van der Waals surface area (Å²) in [6, 6.07) is -0.718. The Bertz CT molecular complexity index is 1210. The van der Waals surface area contributed by atoms with Crippen LogP contribution in [0.15, 0.2) is 85.1 Å². The van der Waals surface area contributed by atoms with Crippen LogP contribution >= 0.6 is 0 Å². The Balaban J connectivity index is 4.66. The van der Waals surface area contributed by atoms with Gasteiger partial charge in [-0.15, -0.1) is 0 Å². The second-order valence-electron chi connectivity index (χ2n) is 17.7. The van der Waals surface area contributed by atoms with Crippen molar-refractivity contribution in [3.63, 3.8) is 0 Å². The third-order valence-electron chi connectivity index (χ3n) is 11.6. The van der Waals surface area contributed by atoms with E-state index in [1.54, 1.807) is 0 Å². The van der Waals surface area contributed by atoms with Crippen molar-refractivity contribution in [2.75, 3.05) is 6.61 Å². The predicted octanol–water partition coefficient (Wildman–Crippen LogP) is 16.0. The van der Waals surface area contributed by atoms with Gasteiger partial charge < -0.3 is 20.3 Å². The average molecular weight is 878 g/mol. The smallest absolute Gasteiger partial charge is 0.306 e. The van der Waals surface area contributed by atoms with E-state index in [-0.39, 0.29) is 24.9 Å². The Labute approximate surface area is 389 Å². The number of aliphatic hydroxyl groups is 2. The third-order valence-corrected chi connectivity index (χ3v) is 11.6. The number of hydrogen-bond acceptors (Lipinski definition) is 5. The van der Waals surface area contributed by atoms with E-state index in [1.165, 1.54) is 89.9 Å². The molecular formula is C57H99NO5. The zero-order chi connectivity index (χ0) is 45.9. The molecule has 0 aromatic heterocycles. The molecule has 0 bridgehead atoms. The molecule has 6 nitrogen and oxygen atoms in total. The number of nitrogens with one attached hydrogen (secondary N) is 1. The number of unbranched alkanes of at least 4 members (excludes halogenated alkanes) is 25. The summed E-state index contributed by atoms with van der Waals surface area (Å²) in [5, 5.41) is 23.8. The highest BCUT2D eigenvalue weighted by atomic mass is 16.5. The van der Waals surface area contributed by atoms with Crippen molar-refractivity contribution in [3.8, 4) is 0 Å². The summed E-state index contributed by atoms with van der Waals surface area (Å²) in [6.45, 7) is 6.35. The molecule has 0 aliphatic rings. The minimum atomic E-state index is -0.802. The number of carbonyl (C=O) groups excluding carboxylic acids is 2. The summed E-state index contributed by atoms with van der Waals surface area (Å²) in [5.74, 6) is -0.526. The molecule has 0 spiro atoms. The fourth-order valence-electron chi connectivity index (χ4n) is 7.57. The molecule has 0 fully saturated rings. The second kappa shape index (κ2) is 50.0.